The first kappa shape index (κ1) is 21.7. The van der Waals surface area contributed by atoms with Crippen molar-refractivity contribution in [1.29, 1.82) is 0 Å². The Kier molecular flexibility index (Phi) is 8.12. The van der Waals surface area contributed by atoms with Gasteiger partial charge in [-0.25, -0.2) is 0 Å². The lowest BCUT2D eigenvalue weighted by Gasteiger charge is -2.26. The molecule has 0 bridgehead atoms. The minimum Gasteiger partial charge on any atom is -0.492 e. The summed E-state index contributed by atoms with van der Waals surface area (Å²) in [6.07, 6.45) is 3.44. The van der Waals surface area contributed by atoms with E-state index in [0.717, 1.165) is 55.3 Å². The molecule has 3 rings (SSSR count). The molecule has 0 atom stereocenters. The van der Waals surface area contributed by atoms with E-state index < -0.39 is 0 Å². The van der Waals surface area contributed by atoms with E-state index in [1.807, 2.05) is 71.4 Å². The van der Waals surface area contributed by atoms with E-state index in [9.17, 15) is 4.79 Å². The summed E-state index contributed by atoms with van der Waals surface area (Å²) in [6, 6.07) is 17.7. The fraction of sp³-hybridized carbons (Fsp3) is 0.417. The first-order chi connectivity index (χ1) is 14.7. The molecule has 2 aromatic rings. The number of hydrogen-bond acceptors (Lipinski definition) is 3. The van der Waals surface area contributed by atoms with E-state index in [-0.39, 0.29) is 5.91 Å². The summed E-state index contributed by atoms with van der Waals surface area (Å²) in [6.45, 7) is 3.69. The SMILES string of the molecule is CN=C(NCc1ccc(C(=O)N2CCCCC2)cc1)N(C)CCOc1ccccc1. The number of piperidine rings is 1. The van der Waals surface area contributed by atoms with Gasteiger partial charge in [-0.1, -0.05) is 30.3 Å². The van der Waals surface area contributed by atoms with Crippen molar-refractivity contribution in [3.63, 3.8) is 0 Å². The van der Waals surface area contributed by atoms with Crippen LogP contribution < -0.4 is 10.1 Å². The van der Waals surface area contributed by atoms with E-state index in [1.165, 1.54) is 6.42 Å². The molecule has 1 N–H and O–H groups in total. The average Bonchev–Trinajstić information content (AvgIpc) is 2.81. The molecule has 1 aliphatic heterocycles. The number of nitrogens with one attached hydrogen (secondary N) is 1. The number of hydrogen-bond donors (Lipinski definition) is 1. The van der Waals surface area contributed by atoms with Gasteiger partial charge in [0.1, 0.15) is 12.4 Å². The molecule has 1 fully saturated rings. The first-order valence-corrected chi connectivity index (χ1v) is 10.7. The molecular weight excluding hydrogens is 376 g/mol. The highest BCUT2D eigenvalue weighted by Crippen LogP contribution is 2.14. The van der Waals surface area contributed by atoms with Crippen molar-refractivity contribution in [2.75, 3.05) is 40.3 Å². The van der Waals surface area contributed by atoms with Gasteiger partial charge in [-0.2, -0.15) is 0 Å². The smallest absolute Gasteiger partial charge is 0.253 e. The number of carbonyl (C=O) groups excluding carboxylic acids is 1. The summed E-state index contributed by atoms with van der Waals surface area (Å²) < 4.78 is 5.76. The lowest BCUT2D eigenvalue weighted by Crippen LogP contribution is -2.40. The fourth-order valence-corrected chi connectivity index (χ4v) is 3.53. The largest absolute Gasteiger partial charge is 0.492 e. The zero-order chi connectivity index (χ0) is 21.2. The Balaban J connectivity index is 1.45. The summed E-state index contributed by atoms with van der Waals surface area (Å²) in [5, 5.41) is 3.37. The van der Waals surface area contributed by atoms with Crippen molar-refractivity contribution >= 4 is 11.9 Å². The Hall–Kier alpha value is -3.02. The van der Waals surface area contributed by atoms with Crippen molar-refractivity contribution in [1.82, 2.24) is 15.1 Å². The molecule has 1 saturated heterocycles. The van der Waals surface area contributed by atoms with E-state index >= 15 is 0 Å². The molecule has 160 valence electrons. The van der Waals surface area contributed by atoms with E-state index in [4.69, 9.17) is 4.74 Å². The predicted octanol–water partition coefficient (Wildman–Crippen LogP) is 3.40. The highest BCUT2D eigenvalue weighted by molar-refractivity contribution is 5.94. The molecular formula is C24H32N4O2. The standard InChI is InChI=1S/C24H32N4O2/c1-25-24(27(2)17-18-30-22-9-5-3-6-10-22)26-19-20-11-13-21(14-12-20)23(29)28-15-7-4-8-16-28/h3,5-6,9-14H,4,7-8,15-19H2,1-2H3,(H,25,26). The number of nitrogens with zero attached hydrogens (tertiary/aromatic N) is 3. The Bertz CT molecular complexity index is 815. The summed E-state index contributed by atoms with van der Waals surface area (Å²) in [4.78, 5) is 20.9. The van der Waals surface area contributed by atoms with Crippen LogP contribution in [0, 0.1) is 0 Å². The van der Waals surface area contributed by atoms with Crippen LogP contribution in [0.15, 0.2) is 59.6 Å². The summed E-state index contributed by atoms with van der Waals surface area (Å²) in [5.41, 5.74) is 1.88. The normalized spacial score (nSPS) is 14.3. The zero-order valence-electron chi connectivity index (χ0n) is 18.0. The molecule has 6 heteroatoms. The molecule has 2 aromatic carbocycles. The monoisotopic (exact) mass is 408 g/mol. The Morgan fingerprint density at radius 3 is 2.43 bits per heavy atom. The van der Waals surface area contributed by atoms with Crippen molar-refractivity contribution in [2.24, 2.45) is 4.99 Å². The average molecular weight is 409 g/mol. The number of amides is 1. The highest BCUT2D eigenvalue weighted by Gasteiger charge is 2.17. The van der Waals surface area contributed by atoms with Crippen LogP contribution in [0.25, 0.3) is 0 Å². The number of aliphatic imine (C=N–C) groups is 1. The van der Waals surface area contributed by atoms with Crippen LogP contribution in [-0.4, -0.2) is 62.0 Å². The maximum atomic E-state index is 12.6. The van der Waals surface area contributed by atoms with Gasteiger partial charge in [0, 0.05) is 39.3 Å². The third kappa shape index (κ3) is 6.24. The van der Waals surface area contributed by atoms with Crippen molar-refractivity contribution < 1.29 is 9.53 Å². The summed E-state index contributed by atoms with van der Waals surface area (Å²) >= 11 is 0. The van der Waals surface area contributed by atoms with E-state index in [2.05, 4.69) is 10.3 Å². The maximum Gasteiger partial charge on any atom is 0.253 e. The second-order valence-electron chi connectivity index (χ2n) is 7.53. The second-order valence-corrected chi connectivity index (χ2v) is 7.53. The number of ether oxygens (including phenoxy) is 1. The number of carbonyl (C=O) groups is 1. The van der Waals surface area contributed by atoms with Gasteiger partial charge in [-0.3, -0.25) is 9.79 Å². The number of benzene rings is 2. The Morgan fingerprint density at radius 2 is 1.77 bits per heavy atom. The molecule has 0 spiro atoms. The lowest BCUT2D eigenvalue weighted by molar-refractivity contribution is 0.0724. The molecule has 6 nitrogen and oxygen atoms in total. The van der Waals surface area contributed by atoms with Crippen LogP contribution in [0.4, 0.5) is 0 Å². The van der Waals surface area contributed by atoms with Gasteiger partial charge in [0.2, 0.25) is 0 Å². The topological polar surface area (TPSA) is 57.2 Å². The van der Waals surface area contributed by atoms with Gasteiger partial charge in [-0.15, -0.1) is 0 Å². The minimum absolute atomic E-state index is 0.142. The number of rotatable bonds is 7. The quantitative estimate of drug-likeness (QED) is 0.564. The van der Waals surface area contributed by atoms with Crippen molar-refractivity contribution in [2.45, 2.75) is 25.8 Å². The molecule has 0 radical (unpaired) electrons. The molecule has 0 saturated carbocycles. The van der Waals surface area contributed by atoms with Crippen LogP contribution in [0.2, 0.25) is 0 Å². The number of likely N-dealkylation sites (tertiary alicyclic amines) is 1. The number of guanidine groups is 1. The molecule has 0 aliphatic carbocycles. The van der Waals surface area contributed by atoms with Crippen LogP contribution in [0.3, 0.4) is 0 Å². The summed E-state index contributed by atoms with van der Waals surface area (Å²) in [7, 11) is 3.77. The first-order valence-electron chi connectivity index (χ1n) is 10.7. The zero-order valence-corrected chi connectivity index (χ0v) is 18.0. The third-order valence-corrected chi connectivity index (χ3v) is 5.31. The second kappa shape index (κ2) is 11.2. The van der Waals surface area contributed by atoms with Crippen LogP contribution in [0.1, 0.15) is 35.2 Å². The highest BCUT2D eigenvalue weighted by atomic mass is 16.5. The molecule has 0 unspecified atom stereocenters. The van der Waals surface area contributed by atoms with Crippen molar-refractivity contribution in [3.8, 4) is 5.75 Å². The number of para-hydroxylation sites is 1. The van der Waals surface area contributed by atoms with Gasteiger partial charge < -0.3 is 19.9 Å². The molecule has 1 amide bonds. The molecule has 0 aromatic heterocycles. The van der Waals surface area contributed by atoms with Gasteiger partial charge in [0.25, 0.3) is 5.91 Å². The lowest BCUT2D eigenvalue weighted by atomic mass is 10.1. The van der Waals surface area contributed by atoms with E-state index in [1.54, 1.807) is 7.05 Å². The minimum atomic E-state index is 0.142. The fourth-order valence-electron chi connectivity index (χ4n) is 3.53. The molecule has 1 aliphatic rings. The van der Waals surface area contributed by atoms with E-state index in [0.29, 0.717) is 13.2 Å². The molecule has 30 heavy (non-hydrogen) atoms. The Labute approximate surface area is 179 Å². The van der Waals surface area contributed by atoms with Crippen LogP contribution in [0.5, 0.6) is 5.75 Å². The maximum absolute atomic E-state index is 12.6. The predicted molar refractivity (Wildman–Crippen MR) is 121 cm³/mol. The van der Waals surface area contributed by atoms with Gasteiger partial charge in [-0.05, 0) is 49.1 Å². The van der Waals surface area contributed by atoms with Crippen LogP contribution >= 0.6 is 0 Å². The van der Waals surface area contributed by atoms with Gasteiger partial charge in [0.15, 0.2) is 5.96 Å². The number of likely N-dealkylation sites (N-methyl/N-ethyl adjacent to an activating group) is 1. The van der Waals surface area contributed by atoms with Crippen LogP contribution in [-0.2, 0) is 6.54 Å². The van der Waals surface area contributed by atoms with Crippen molar-refractivity contribution in [3.05, 3.63) is 65.7 Å². The Morgan fingerprint density at radius 1 is 1.07 bits per heavy atom. The molecule has 1 heterocycles. The summed E-state index contributed by atoms with van der Waals surface area (Å²) in [5.74, 6) is 1.82. The van der Waals surface area contributed by atoms with Gasteiger partial charge in [0.05, 0.1) is 6.54 Å². The third-order valence-electron chi connectivity index (χ3n) is 5.31. The van der Waals surface area contributed by atoms with Gasteiger partial charge >= 0.3 is 0 Å².